The number of nitrogens with zero attached hydrogens (tertiary/aromatic N) is 6. The number of carbonyl (C=O) groups excluding carboxylic acids is 2. The minimum absolute atomic E-state index is 0.0740. The molecule has 2 atom stereocenters. The molecule has 1 saturated heterocycles. The standard InChI is InChI=1S/C23H22N6O3/c1-16-8-9-18(32-21-7-4-12-27-17(15-30)13-24-22(21)27)14-28(16)23(31)19-5-2-3-6-20(19)29-25-10-11-26-29/h2-7,10-13,15-16,18H,8-9,14H2,1H3/t16-,18-/m1/s1. The first kappa shape index (κ1) is 19.9. The molecular weight excluding hydrogens is 408 g/mol. The van der Waals surface area contributed by atoms with Crippen LogP contribution in [0.15, 0.2) is 61.2 Å². The molecule has 4 aromatic rings. The summed E-state index contributed by atoms with van der Waals surface area (Å²) >= 11 is 0. The topological polar surface area (TPSA) is 94.6 Å². The number of likely N-dealkylation sites (tertiary alicyclic amines) is 1. The van der Waals surface area contributed by atoms with E-state index in [1.807, 2.05) is 35.2 Å². The number of para-hydroxylation sites is 1. The molecule has 32 heavy (non-hydrogen) atoms. The number of rotatable bonds is 5. The third-order valence-corrected chi connectivity index (χ3v) is 5.81. The van der Waals surface area contributed by atoms with Gasteiger partial charge in [-0.05, 0) is 44.0 Å². The number of aromatic nitrogens is 5. The van der Waals surface area contributed by atoms with Crippen LogP contribution >= 0.6 is 0 Å². The summed E-state index contributed by atoms with van der Waals surface area (Å²) in [5.74, 6) is 0.509. The van der Waals surface area contributed by atoms with Crippen LogP contribution in [0.5, 0.6) is 5.75 Å². The maximum Gasteiger partial charge on any atom is 0.256 e. The van der Waals surface area contributed by atoms with Gasteiger partial charge in [0.2, 0.25) is 0 Å². The molecule has 1 amide bonds. The highest BCUT2D eigenvalue weighted by Crippen LogP contribution is 2.27. The molecule has 1 aromatic carbocycles. The van der Waals surface area contributed by atoms with Gasteiger partial charge in [0.05, 0.1) is 36.4 Å². The Hall–Kier alpha value is -4.01. The first-order valence-corrected chi connectivity index (χ1v) is 10.5. The van der Waals surface area contributed by atoms with Crippen molar-refractivity contribution in [1.29, 1.82) is 0 Å². The predicted octanol–water partition coefficient (Wildman–Crippen LogP) is 2.80. The molecule has 0 unspecified atom stereocenters. The van der Waals surface area contributed by atoms with E-state index in [0.717, 1.165) is 19.1 Å². The smallest absolute Gasteiger partial charge is 0.256 e. The average Bonchev–Trinajstić information content (AvgIpc) is 3.50. The van der Waals surface area contributed by atoms with Gasteiger partial charge in [-0.3, -0.25) is 14.0 Å². The van der Waals surface area contributed by atoms with Crippen molar-refractivity contribution < 1.29 is 14.3 Å². The van der Waals surface area contributed by atoms with Crippen molar-refractivity contribution in [2.75, 3.05) is 6.54 Å². The molecular formula is C23H22N6O3. The number of piperidine rings is 1. The molecule has 4 heterocycles. The van der Waals surface area contributed by atoms with Gasteiger partial charge < -0.3 is 9.64 Å². The van der Waals surface area contributed by atoms with E-state index in [0.29, 0.717) is 34.9 Å². The molecule has 3 aromatic heterocycles. The zero-order valence-electron chi connectivity index (χ0n) is 17.5. The molecule has 0 spiro atoms. The van der Waals surface area contributed by atoms with Crippen LogP contribution in [0.1, 0.15) is 40.6 Å². The Morgan fingerprint density at radius 1 is 1.12 bits per heavy atom. The number of ether oxygens (including phenoxy) is 1. The lowest BCUT2D eigenvalue weighted by Crippen LogP contribution is -2.49. The molecule has 9 nitrogen and oxygen atoms in total. The fourth-order valence-electron chi connectivity index (χ4n) is 4.14. The van der Waals surface area contributed by atoms with E-state index in [1.165, 1.54) is 11.0 Å². The van der Waals surface area contributed by atoms with Crippen molar-refractivity contribution in [3.05, 3.63) is 72.4 Å². The van der Waals surface area contributed by atoms with E-state index >= 15 is 0 Å². The Bertz CT molecular complexity index is 1270. The van der Waals surface area contributed by atoms with E-state index in [1.54, 1.807) is 29.1 Å². The zero-order valence-corrected chi connectivity index (χ0v) is 17.5. The highest BCUT2D eigenvalue weighted by molar-refractivity contribution is 5.98. The van der Waals surface area contributed by atoms with E-state index in [9.17, 15) is 9.59 Å². The molecule has 0 saturated carbocycles. The highest BCUT2D eigenvalue weighted by atomic mass is 16.5. The molecule has 1 fully saturated rings. The van der Waals surface area contributed by atoms with Crippen LogP contribution in [0, 0.1) is 0 Å². The molecule has 0 bridgehead atoms. The largest absolute Gasteiger partial charge is 0.485 e. The number of imidazole rings is 1. The van der Waals surface area contributed by atoms with Gasteiger partial charge in [-0.25, -0.2) is 4.98 Å². The predicted molar refractivity (Wildman–Crippen MR) is 116 cm³/mol. The number of carbonyl (C=O) groups is 2. The Balaban J connectivity index is 1.40. The Morgan fingerprint density at radius 3 is 2.75 bits per heavy atom. The van der Waals surface area contributed by atoms with E-state index in [2.05, 4.69) is 22.1 Å². The number of hydrogen-bond acceptors (Lipinski definition) is 6. The van der Waals surface area contributed by atoms with Crippen LogP contribution in [0.3, 0.4) is 0 Å². The number of pyridine rings is 1. The van der Waals surface area contributed by atoms with Gasteiger partial charge in [0.15, 0.2) is 17.7 Å². The Morgan fingerprint density at radius 2 is 1.94 bits per heavy atom. The van der Waals surface area contributed by atoms with Gasteiger partial charge in [0.1, 0.15) is 11.8 Å². The van der Waals surface area contributed by atoms with Gasteiger partial charge in [0.25, 0.3) is 5.91 Å². The third-order valence-electron chi connectivity index (χ3n) is 5.81. The van der Waals surface area contributed by atoms with Crippen molar-refractivity contribution in [1.82, 2.24) is 29.3 Å². The van der Waals surface area contributed by atoms with Gasteiger partial charge >= 0.3 is 0 Å². The van der Waals surface area contributed by atoms with Gasteiger partial charge in [0, 0.05) is 12.2 Å². The molecule has 0 N–H and O–H groups in total. The number of benzene rings is 1. The minimum atomic E-state index is -0.187. The van der Waals surface area contributed by atoms with Gasteiger partial charge in [-0.1, -0.05) is 12.1 Å². The van der Waals surface area contributed by atoms with E-state index < -0.39 is 0 Å². The summed E-state index contributed by atoms with van der Waals surface area (Å²) in [6, 6.07) is 11.1. The van der Waals surface area contributed by atoms with E-state index in [-0.39, 0.29) is 18.1 Å². The number of amides is 1. The summed E-state index contributed by atoms with van der Waals surface area (Å²) in [7, 11) is 0. The van der Waals surface area contributed by atoms with Crippen molar-refractivity contribution >= 4 is 17.8 Å². The van der Waals surface area contributed by atoms with Crippen LogP contribution in [-0.4, -0.2) is 60.2 Å². The van der Waals surface area contributed by atoms with Crippen LogP contribution in [-0.2, 0) is 0 Å². The second-order valence-corrected chi connectivity index (χ2v) is 7.83. The number of aldehydes is 1. The third kappa shape index (κ3) is 3.51. The summed E-state index contributed by atoms with van der Waals surface area (Å²) in [6.07, 6.45) is 8.67. The number of fused-ring (bicyclic) bond motifs is 1. The monoisotopic (exact) mass is 430 g/mol. The SMILES string of the molecule is C[C@@H]1CC[C@@H](Oc2cccn3c(C=O)cnc23)CN1C(=O)c1ccccc1-n1nccn1. The second kappa shape index (κ2) is 8.26. The maximum atomic E-state index is 13.5. The summed E-state index contributed by atoms with van der Waals surface area (Å²) < 4.78 is 7.97. The van der Waals surface area contributed by atoms with Crippen LogP contribution in [0.2, 0.25) is 0 Å². The zero-order chi connectivity index (χ0) is 22.1. The van der Waals surface area contributed by atoms with Gasteiger partial charge in [-0.2, -0.15) is 15.0 Å². The van der Waals surface area contributed by atoms with E-state index in [4.69, 9.17) is 4.74 Å². The molecule has 0 aliphatic carbocycles. The molecule has 1 aliphatic rings. The molecule has 0 radical (unpaired) electrons. The lowest BCUT2D eigenvalue weighted by molar-refractivity contribution is 0.0386. The highest BCUT2D eigenvalue weighted by Gasteiger charge is 2.32. The normalized spacial score (nSPS) is 18.6. The lowest BCUT2D eigenvalue weighted by Gasteiger charge is -2.38. The lowest BCUT2D eigenvalue weighted by atomic mass is 9.99. The average molecular weight is 430 g/mol. The van der Waals surface area contributed by atoms with Crippen molar-refractivity contribution in [3.63, 3.8) is 0 Å². The summed E-state index contributed by atoms with van der Waals surface area (Å²) in [6.45, 7) is 2.50. The molecule has 9 heteroatoms. The van der Waals surface area contributed by atoms with Crippen LogP contribution < -0.4 is 4.74 Å². The maximum absolute atomic E-state index is 13.5. The molecule has 1 aliphatic heterocycles. The van der Waals surface area contributed by atoms with Crippen molar-refractivity contribution in [2.45, 2.75) is 31.9 Å². The second-order valence-electron chi connectivity index (χ2n) is 7.83. The van der Waals surface area contributed by atoms with Crippen LogP contribution in [0.25, 0.3) is 11.3 Å². The minimum Gasteiger partial charge on any atom is -0.485 e. The first-order chi connectivity index (χ1) is 15.7. The fourth-order valence-corrected chi connectivity index (χ4v) is 4.14. The summed E-state index contributed by atoms with van der Waals surface area (Å²) in [4.78, 5) is 32.4. The first-order valence-electron chi connectivity index (χ1n) is 10.5. The van der Waals surface area contributed by atoms with Gasteiger partial charge in [-0.15, -0.1) is 0 Å². The molecule has 162 valence electrons. The van der Waals surface area contributed by atoms with Crippen molar-refractivity contribution in [3.8, 4) is 11.4 Å². The van der Waals surface area contributed by atoms with Crippen LogP contribution in [0.4, 0.5) is 0 Å². The Labute approximate surface area is 184 Å². The summed E-state index contributed by atoms with van der Waals surface area (Å²) in [5, 5.41) is 8.36. The summed E-state index contributed by atoms with van der Waals surface area (Å²) in [5.41, 5.74) is 2.23. The Kier molecular flexibility index (Phi) is 5.14. The number of hydrogen-bond donors (Lipinski definition) is 0. The molecule has 5 rings (SSSR count). The fraction of sp³-hybridized carbons (Fsp3) is 0.261. The quantitative estimate of drug-likeness (QED) is 0.452. The van der Waals surface area contributed by atoms with Crippen molar-refractivity contribution in [2.24, 2.45) is 0 Å².